The number of carbonyl (C=O) groups excluding carboxylic acids is 1. The van der Waals surface area contributed by atoms with Crippen LogP contribution in [-0.2, 0) is 15.7 Å². The van der Waals surface area contributed by atoms with Crippen LogP contribution in [0.25, 0.3) is 5.65 Å². The predicted molar refractivity (Wildman–Crippen MR) is 141 cm³/mol. The van der Waals surface area contributed by atoms with E-state index in [4.69, 9.17) is 22.3 Å². The van der Waals surface area contributed by atoms with E-state index in [0.29, 0.717) is 29.3 Å². The van der Waals surface area contributed by atoms with Gasteiger partial charge in [0.2, 0.25) is 0 Å². The molecule has 0 saturated carbocycles. The van der Waals surface area contributed by atoms with E-state index < -0.39 is 37.4 Å². The summed E-state index contributed by atoms with van der Waals surface area (Å²) in [5.74, 6) is -0.791. The summed E-state index contributed by atoms with van der Waals surface area (Å²) >= 11 is 6.05. The number of anilines is 1. The molecule has 9 nitrogen and oxygen atoms in total. The molecule has 2 aliphatic heterocycles. The molecule has 36 heavy (non-hydrogen) atoms. The van der Waals surface area contributed by atoms with Crippen molar-refractivity contribution in [2.75, 3.05) is 11.9 Å². The van der Waals surface area contributed by atoms with E-state index in [0.717, 1.165) is 6.42 Å². The lowest BCUT2D eigenvalue weighted by molar-refractivity contribution is 0.102. The Balaban J connectivity index is 1.54. The number of imidazole rings is 1. The first-order valence-electron chi connectivity index (χ1n) is 11.7. The van der Waals surface area contributed by atoms with Crippen molar-refractivity contribution in [1.29, 1.82) is 0 Å². The van der Waals surface area contributed by atoms with Gasteiger partial charge in [0, 0.05) is 23.8 Å². The monoisotopic (exact) mass is 533 g/mol. The molecule has 1 saturated heterocycles. The van der Waals surface area contributed by atoms with Crippen LogP contribution in [0.3, 0.4) is 0 Å². The molecule has 1 amide bonds. The van der Waals surface area contributed by atoms with Crippen molar-refractivity contribution in [3.05, 3.63) is 58.4 Å². The fraction of sp³-hybridized carbons (Fsp3) is 0.417. The summed E-state index contributed by atoms with van der Waals surface area (Å²) in [7, 11) is -3.12. The highest BCUT2D eigenvalue weighted by molar-refractivity contribution is 8.04. The van der Waals surface area contributed by atoms with Crippen molar-refractivity contribution in [1.82, 2.24) is 19.1 Å². The molecule has 5 rings (SSSR count). The molecule has 0 aromatic carbocycles. The third kappa shape index (κ3) is 3.55. The van der Waals surface area contributed by atoms with E-state index in [1.807, 2.05) is 13.8 Å². The molecule has 0 spiro atoms. The maximum absolute atomic E-state index is 15.3. The zero-order chi connectivity index (χ0) is 26.0. The van der Waals surface area contributed by atoms with Crippen LogP contribution < -0.4 is 15.8 Å². The van der Waals surface area contributed by atoms with Gasteiger partial charge in [-0.1, -0.05) is 11.6 Å². The Kier molecular flexibility index (Phi) is 5.73. The molecule has 0 aliphatic carbocycles. The Morgan fingerprint density at radius 3 is 2.81 bits per heavy atom. The van der Waals surface area contributed by atoms with Gasteiger partial charge in [-0.25, -0.2) is 14.4 Å². The van der Waals surface area contributed by atoms with Crippen molar-refractivity contribution < 1.29 is 13.4 Å². The molecule has 5 heterocycles. The highest BCUT2D eigenvalue weighted by Crippen LogP contribution is 2.48. The predicted octanol–water partition coefficient (Wildman–Crippen LogP) is 3.13. The van der Waals surface area contributed by atoms with Gasteiger partial charge >= 0.3 is 0 Å². The van der Waals surface area contributed by atoms with E-state index in [1.54, 1.807) is 36.6 Å². The number of nitrogens with one attached hydrogen (secondary N) is 2. The van der Waals surface area contributed by atoms with Crippen molar-refractivity contribution in [2.45, 2.75) is 56.1 Å². The third-order valence-corrected chi connectivity index (χ3v) is 12.0. The Hall–Kier alpha value is -2.89. The van der Waals surface area contributed by atoms with Gasteiger partial charge < -0.3 is 15.5 Å². The molecule has 12 heteroatoms. The number of carbonyl (C=O) groups is 1. The Bertz CT molecular complexity index is 1490. The summed E-state index contributed by atoms with van der Waals surface area (Å²) < 4.78 is 33.6. The maximum atomic E-state index is 15.3. The van der Waals surface area contributed by atoms with Gasteiger partial charge in [0.15, 0.2) is 5.69 Å². The van der Waals surface area contributed by atoms with Crippen LogP contribution in [0.5, 0.6) is 0 Å². The zero-order valence-electron chi connectivity index (χ0n) is 20.5. The molecule has 0 radical (unpaired) electrons. The molecule has 2 atom stereocenters. The van der Waals surface area contributed by atoms with Crippen molar-refractivity contribution in [2.24, 2.45) is 10.7 Å². The first kappa shape index (κ1) is 24.8. The molecule has 4 N–H and O–H groups in total. The van der Waals surface area contributed by atoms with Crippen LogP contribution in [0, 0.1) is 12.7 Å². The molecular formula is C24H29ClFN7O2S. The molecule has 0 unspecified atom stereocenters. The quantitative estimate of drug-likeness (QED) is 0.385. The normalized spacial score (nSPS) is 25.6. The summed E-state index contributed by atoms with van der Waals surface area (Å²) in [5.41, 5.74) is 6.38. The molecule has 1 fully saturated rings. The number of thiol groups is 1. The van der Waals surface area contributed by atoms with Crippen molar-refractivity contribution >= 4 is 44.9 Å². The van der Waals surface area contributed by atoms with Crippen LogP contribution in [0.4, 0.5) is 10.2 Å². The van der Waals surface area contributed by atoms with E-state index in [2.05, 4.69) is 20.0 Å². The molecule has 2 aliphatic rings. The molecule has 3 aromatic rings. The van der Waals surface area contributed by atoms with Gasteiger partial charge in [0.05, 0.1) is 15.7 Å². The first-order chi connectivity index (χ1) is 16.9. The van der Waals surface area contributed by atoms with Gasteiger partial charge in [0.1, 0.15) is 34.4 Å². The number of rotatable bonds is 3. The number of fused-ring (bicyclic) bond motifs is 2. The van der Waals surface area contributed by atoms with Crippen LogP contribution in [0.2, 0.25) is 5.02 Å². The van der Waals surface area contributed by atoms with Gasteiger partial charge in [0.25, 0.3) is 5.91 Å². The second-order valence-electron chi connectivity index (χ2n) is 10.0. The molecule has 3 aromatic heterocycles. The van der Waals surface area contributed by atoms with Gasteiger partial charge in [-0.15, -0.1) is 0 Å². The average Bonchev–Trinajstić information content (AvgIpc) is 3.15. The van der Waals surface area contributed by atoms with Crippen LogP contribution >= 0.6 is 11.6 Å². The SMILES string of the molecule is Cc1c(C(=O)Nc2ccc(F)c([C@@]3(C)N=C(N)C(C)(C)[SH]4(=O)NCCC[C@H]34)n2)nc2cc(Cl)ccn12. The minimum Gasteiger partial charge on any atom is -0.386 e. The zero-order valence-corrected chi connectivity index (χ0v) is 22.1. The fourth-order valence-electron chi connectivity index (χ4n) is 5.30. The number of aromatic nitrogens is 3. The Morgan fingerprint density at radius 1 is 1.31 bits per heavy atom. The summed E-state index contributed by atoms with van der Waals surface area (Å²) in [6.07, 6.45) is 3.09. The highest BCUT2D eigenvalue weighted by Gasteiger charge is 2.57. The first-order valence-corrected chi connectivity index (χ1v) is 13.9. The lowest BCUT2D eigenvalue weighted by Crippen LogP contribution is -2.69. The molecular weight excluding hydrogens is 505 g/mol. The van der Waals surface area contributed by atoms with E-state index >= 15 is 4.39 Å². The third-order valence-electron chi connectivity index (χ3n) is 7.51. The lowest BCUT2D eigenvalue weighted by atomic mass is 9.89. The van der Waals surface area contributed by atoms with Crippen LogP contribution in [0.15, 0.2) is 35.5 Å². The van der Waals surface area contributed by atoms with E-state index in [1.165, 1.54) is 12.1 Å². The molecule has 192 valence electrons. The fourth-order valence-corrected chi connectivity index (χ4v) is 9.16. The second-order valence-corrected chi connectivity index (χ2v) is 13.8. The largest absolute Gasteiger partial charge is 0.386 e. The van der Waals surface area contributed by atoms with Gasteiger partial charge in [-0.2, -0.15) is 0 Å². The number of nitrogens with zero attached hydrogens (tertiary/aromatic N) is 4. The van der Waals surface area contributed by atoms with Crippen LogP contribution in [0.1, 0.15) is 55.5 Å². The number of hydrogen-bond acceptors (Lipinski definition) is 6. The standard InChI is InChI=1S/C24H29ClFN7O2S/c1-13-19(31-18-12-14(25)9-11-33(13)18)21(34)30-17-8-7-15(26)20(29-17)24(4)16-6-5-10-28-36(16,35)23(2,3)22(27)32-24/h7-9,11-12,16,36H,5-6,10H2,1-4H3,(H2,27,32)(H,28,35)(H,29,30,34)/t16-,24+/m1/s1. The minimum atomic E-state index is -3.12. The lowest BCUT2D eigenvalue weighted by Gasteiger charge is -2.55. The van der Waals surface area contributed by atoms with E-state index in [9.17, 15) is 9.00 Å². The number of halogens is 2. The number of pyridine rings is 2. The van der Waals surface area contributed by atoms with E-state index in [-0.39, 0.29) is 23.0 Å². The minimum absolute atomic E-state index is 0.00817. The number of nitrogens with two attached hydrogens (primary N) is 1. The number of aliphatic imine (C=N–C) groups is 1. The second kappa shape index (κ2) is 8.32. The number of amides is 1. The summed E-state index contributed by atoms with van der Waals surface area (Å²) in [6, 6.07) is 5.96. The number of hydrogen-bond donors (Lipinski definition) is 4. The smallest absolute Gasteiger partial charge is 0.277 e. The van der Waals surface area contributed by atoms with Crippen LogP contribution in [-0.4, -0.2) is 46.9 Å². The van der Waals surface area contributed by atoms with Gasteiger partial charge in [-0.3, -0.25) is 18.7 Å². The summed E-state index contributed by atoms with van der Waals surface area (Å²) in [6.45, 7) is 7.69. The maximum Gasteiger partial charge on any atom is 0.277 e. The highest BCUT2D eigenvalue weighted by atomic mass is 35.5. The molecule has 0 bridgehead atoms. The Labute approximate surface area is 214 Å². The van der Waals surface area contributed by atoms with Crippen molar-refractivity contribution in [3.8, 4) is 0 Å². The topological polar surface area (TPSA) is 127 Å². The summed E-state index contributed by atoms with van der Waals surface area (Å²) in [5, 5.41) is 2.72. The summed E-state index contributed by atoms with van der Waals surface area (Å²) in [4.78, 5) is 26.6. The number of aryl methyl sites for hydroxylation is 1. The van der Waals surface area contributed by atoms with Gasteiger partial charge in [-0.05, 0) is 68.9 Å². The average molecular weight is 534 g/mol. The van der Waals surface area contributed by atoms with Crippen molar-refractivity contribution in [3.63, 3.8) is 0 Å². The Morgan fingerprint density at radius 2 is 2.06 bits per heavy atom. The number of amidine groups is 1.